The molecule has 2 aromatic rings. The van der Waals surface area contributed by atoms with Gasteiger partial charge in [-0.3, -0.25) is 9.59 Å². The lowest BCUT2D eigenvalue weighted by atomic mass is 10.1. The number of piperazine rings is 1. The maximum atomic E-state index is 12.6. The minimum absolute atomic E-state index is 0.172. The maximum absolute atomic E-state index is 12.6. The van der Waals surface area contributed by atoms with Crippen molar-refractivity contribution in [2.45, 2.75) is 6.18 Å². The Morgan fingerprint density at radius 2 is 1.36 bits per heavy atom. The summed E-state index contributed by atoms with van der Waals surface area (Å²) in [5, 5.41) is 0.682. The predicted octanol–water partition coefficient (Wildman–Crippen LogP) is 4.61. The molecule has 0 aliphatic carbocycles. The third-order valence-corrected chi connectivity index (χ3v) is 5.04. The summed E-state index contributed by atoms with van der Waals surface area (Å²) in [6.45, 7) is 1.11. The van der Waals surface area contributed by atoms with Crippen LogP contribution in [0.1, 0.15) is 26.3 Å². The zero-order chi connectivity index (χ0) is 20.5. The number of alkyl halides is 3. The Morgan fingerprint density at radius 3 is 1.89 bits per heavy atom. The van der Waals surface area contributed by atoms with Crippen LogP contribution in [-0.4, -0.2) is 47.8 Å². The van der Waals surface area contributed by atoms with Gasteiger partial charge in [0.15, 0.2) is 0 Å². The predicted molar refractivity (Wildman–Crippen MR) is 99.7 cm³/mol. The molecule has 0 spiro atoms. The van der Waals surface area contributed by atoms with Crippen LogP contribution in [0, 0.1) is 0 Å². The van der Waals surface area contributed by atoms with E-state index in [0.717, 1.165) is 24.3 Å². The van der Waals surface area contributed by atoms with Crippen molar-refractivity contribution in [3.8, 4) is 0 Å². The first-order chi connectivity index (χ1) is 13.2. The quantitative estimate of drug-likeness (QED) is 0.697. The largest absolute Gasteiger partial charge is 0.416 e. The van der Waals surface area contributed by atoms with Gasteiger partial charge in [-0.2, -0.15) is 13.2 Å². The van der Waals surface area contributed by atoms with E-state index in [9.17, 15) is 22.8 Å². The van der Waals surface area contributed by atoms with E-state index in [1.54, 1.807) is 17.0 Å². The molecule has 4 nitrogen and oxygen atoms in total. The first-order valence-corrected chi connectivity index (χ1v) is 9.13. The molecule has 0 atom stereocenters. The van der Waals surface area contributed by atoms with Crippen molar-refractivity contribution in [1.29, 1.82) is 0 Å². The van der Waals surface area contributed by atoms with Crippen LogP contribution in [0.3, 0.4) is 0 Å². The number of carbonyl (C=O) groups is 2. The summed E-state index contributed by atoms with van der Waals surface area (Å²) in [6, 6.07) is 8.71. The third kappa shape index (κ3) is 4.42. The molecule has 0 N–H and O–H groups in total. The fourth-order valence-corrected chi connectivity index (χ4v) is 3.30. The topological polar surface area (TPSA) is 40.6 Å². The van der Waals surface area contributed by atoms with E-state index in [2.05, 4.69) is 0 Å². The van der Waals surface area contributed by atoms with Gasteiger partial charge in [0.2, 0.25) is 0 Å². The van der Waals surface area contributed by atoms with Gasteiger partial charge in [0.1, 0.15) is 0 Å². The molecule has 0 aromatic heterocycles. The number of hydrogen-bond acceptors (Lipinski definition) is 2. The van der Waals surface area contributed by atoms with E-state index >= 15 is 0 Å². The summed E-state index contributed by atoms with van der Waals surface area (Å²) < 4.78 is 37.9. The molecule has 0 bridgehead atoms. The number of benzene rings is 2. The average molecular weight is 431 g/mol. The Balaban J connectivity index is 1.64. The van der Waals surface area contributed by atoms with E-state index in [1.165, 1.54) is 11.0 Å². The lowest BCUT2D eigenvalue weighted by Crippen LogP contribution is -2.50. The molecule has 1 heterocycles. The molecule has 28 heavy (non-hydrogen) atoms. The minimum Gasteiger partial charge on any atom is -0.335 e. The summed E-state index contributed by atoms with van der Waals surface area (Å²) in [6.07, 6.45) is -4.45. The standard InChI is InChI=1S/C19H15Cl2F3N2O2/c20-14-5-6-16(21)15(11-14)18(28)26-9-7-25(8-10-26)17(27)12-1-3-13(4-2-12)19(22,23)24/h1-6,11H,7-10H2. The lowest BCUT2D eigenvalue weighted by Gasteiger charge is -2.35. The highest BCUT2D eigenvalue weighted by atomic mass is 35.5. The second-order valence-electron chi connectivity index (χ2n) is 6.28. The van der Waals surface area contributed by atoms with Gasteiger partial charge in [0.05, 0.1) is 16.1 Å². The number of hydrogen-bond donors (Lipinski definition) is 0. The second kappa shape index (κ2) is 8.01. The molecule has 1 aliphatic rings. The average Bonchev–Trinajstić information content (AvgIpc) is 2.68. The Bertz CT molecular complexity index is 893. The highest BCUT2D eigenvalue weighted by molar-refractivity contribution is 6.35. The van der Waals surface area contributed by atoms with E-state index in [4.69, 9.17) is 23.2 Å². The van der Waals surface area contributed by atoms with E-state index in [-0.39, 0.29) is 54.1 Å². The molecular weight excluding hydrogens is 416 g/mol. The van der Waals surface area contributed by atoms with Crippen LogP contribution in [0.4, 0.5) is 13.2 Å². The molecule has 1 aliphatic heterocycles. The molecular formula is C19H15Cl2F3N2O2. The smallest absolute Gasteiger partial charge is 0.335 e. The van der Waals surface area contributed by atoms with Crippen molar-refractivity contribution < 1.29 is 22.8 Å². The van der Waals surface area contributed by atoms with Gasteiger partial charge in [-0.15, -0.1) is 0 Å². The zero-order valence-corrected chi connectivity index (χ0v) is 16.0. The van der Waals surface area contributed by atoms with Gasteiger partial charge in [0.25, 0.3) is 11.8 Å². The van der Waals surface area contributed by atoms with Crippen molar-refractivity contribution in [3.63, 3.8) is 0 Å². The highest BCUT2D eigenvalue weighted by Crippen LogP contribution is 2.29. The van der Waals surface area contributed by atoms with Crippen LogP contribution >= 0.6 is 23.2 Å². The number of halogens is 5. The van der Waals surface area contributed by atoms with E-state index in [1.807, 2.05) is 0 Å². The van der Waals surface area contributed by atoms with Gasteiger partial charge in [-0.1, -0.05) is 23.2 Å². The molecule has 0 saturated carbocycles. The summed E-state index contributed by atoms with van der Waals surface area (Å²) in [4.78, 5) is 28.2. The van der Waals surface area contributed by atoms with Gasteiger partial charge in [-0.05, 0) is 42.5 Å². The molecule has 3 rings (SSSR count). The number of amides is 2. The Labute approximate surface area is 169 Å². The zero-order valence-electron chi connectivity index (χ0n) is 14.5. The number of rotatable bonds is 2. The summed E-state index contributed by atoms with van der Waals surface area (Å²) in [5.41, 5.74) is -0.347. The molecule has 0 unspecified atom stereocenters. The lowest BCUT2D eigenvalue weighted by molar-refractivity contribution is -0.137. The number of carbonyl (C=O) groups excluding carboxylic acids is 2. The van der Waals surface area contributed by atoms with Crippen molar-refractivity contribution in [2.75, 3.05) is 26.2 Å². The van der Waals surface area contributed by atoms with Crippen LogP contribution in [0.15, 0.2) is 42.5 Å². The van der Waals surface area contributed by atoms with Crippen LogP contribution in [0.5, 0.6) is 0 Å². The first kappa shape index (κ1) is 20.5. The summed E-state index contributed by atoms with van der Waals surface area (Å²) >= 11 is 12.0. The second-order valence-corrected chi connectivity index (χ2v) is 7.13. The van der Waals surface area contributed by atoms with Gasteiger partial charge < -0.3 is 9.80 Å². The molecule has 2 aromatic carbocycles. The van der Waals surface area contributed by atoms with Crippen LogP contribution in [0.25, 0.3) is 0 Å². The van der Waals surface area contributed by atoms with Gasteiger partial charge >= 0.3 is 6.18 Å². The third-order valence-electron chi connectivity index (χ3n) is 4.47. The van der Waals surface area contributed by atoms with Crippen molar-refractivity contribution in [2.24, 2.45) is 0 Å². The van der Waals surface area contributed by atoms with Crippen molar-refractivity contribution >= 4 is 35.0 Å². The van der Waals surface area contributed by atoms with Crippen LogP contribution in [0.2, 0.25) is 10.0 Å². The summed E-state index contributed by atoms with van der Waals surface area (Å²) in [7, 11) is 0. The molecule has 0 radical (unpaired) electrons. The SMILES string of the molecule is O=C(c1ccc(C(F)(F)F)cc1)N1CCN(C(=O)c2cc(Cl)ccc2Cl)CC1. The van der Waals surface area contributed by atoms with Crippen molar-refractivity contribution in [3.05, 3.63) is 69.2 Å². The Kier molecular flexibility index (Phi) is 5.86. The van der Waals surface area contributed by atoms with Crippen LogP contribution < -0.4 is 0 Å². The fourth-order valence-electron chi connectivity index (χ4n) is 2.93. The maximum Gasteiger partial charge on any atom is 0.416 e. The van der Waals surface area contributed by atoms with E-state index in [0.29, 0.717) is 5.02 Å². The van der Waals surface area contributed by atoms with Crippen molar-refractivity contribution in [1.82, 2.24) is 9.80 Å². The minimum atomic E-state index is -4.45. The van der Waals surface area contributed by atoms with Gasteiger partial charge in [-0.25, -0.2) is 0 Å². The number of nitrogens with zero attached hydrogens (tertiary/aromatic N) is 2. The van der Waals surface area contributed by atoms with Gasteiger partial charge in [0, 0.05) is 36.8 Å². The molecule has 9 heteroatoms. The monoisotopic (exact) mass is 430 g/mol. The Morgan fingerprint density at radius 1 is 0.821 bits per heavy atom. The van der Waals surface area contributed by atoms with Crippen LogP contribution in [-0.2, 0) is 6.18 Å². The molecule has 1 fully saturated rings. The molecule has 1 saturated heterocycles. The highest BCUT2D eigenvalue weighted by Gasteiger charge is 2.31. The molecule has 148 valence electrons. The Hall–Kier alpha value is -2.25. The van der Waals surface area contributed by atoms with E-state index < -0.39 is 11.7 Å². The summed E-state index contributed by atoms with van der Waals surface area (Å²) in [5.74, 6) is -0.657. The molecule has 2 amide bonds. The first-order valence-electron chi connectivity index (χ1n) is 8.37. The fraction of sp³-hybridized carbons (Fsp3) is 0.263. The normalized spacial score (nSPS) is 14.9.